The van der Waals surface area contributed by atoms with E-state index in [0.717, 1.165) is 11.7 Å². The molecule has 0 aliphatic rings. The van der Waals surface area contributed by atoms with E-state index in [2.05, 4.69) is 11.6 Å². The Balaban J connectivity index is 2.78. The van der Waals surface area contributed by atoms with E-state index in [4.69, 9.17) is 21.4 Å². The SMILES string of the molecule is C=CCN(CCOC)c1nc(Cl)c(CO)s1. The average Bonchev–Trinajstić information content (AvgIpc) is 2.65. The van der Waals surface area contributed by atoms with Crippen LogP contribution >= 0.6 is 22.9 Å². The van der Waals surface area contributed by atoms with Crippen molar-refractivity contribution in [1.29, 1.82) is 0 Å². The Bertz CT molecular complexity index is 344. The third-order valence-corrected chi connectivity index (χ3v) is 3.49. The molecule has 1 N–H and O–H groups in total. The van der Waals surface area contributed by atoms with Crippen LogP contribution in [0.3, 0.4) is 0 Å². The molecule has 6 heteroatoms. The molecular formula is C10H15ClN2O2S. The summed E-state index contributed by atoms with van der Waals surface area (Å²) in [4.78, 5) is 6.89. The van der Waals surface area contributed by atoms with Gasteiger partial charge < -0.3 is 14.7 Å². The number of hydrogen-bond donors (Lipinski definition) is 1. The van der Waals surface area contributed by atoms with E-state index in [0.29, 0.717) is 23.2 Å². The maximum Gasteiger partial charge on any atom is 0.187 e. The third-order valence-electron chi connectivity index (χ3n) is 1.97. The van der Waals surface area contributed by atoms with Crippen molar-refractivity contribution in [3.8, 4) is 0 Å². The molecule has 1 rings (SSSR count). The Morgan fingerprint density at radius 2 is 2.44 bits per heavy atom. The highest BCUT2D eigenvalue weighted by atomic mass is 35.5. The van der Waals surface area contributed by atoms with Gasteiger partial charge in [-0.05, 0) is 0 Å². The second-order valence-electron chi connectivity index (χ2n) is 3.10. The number of nitrogens with zero attached hydrogens (tertiary/aromatic N) is 2. The second-order valence-corrected chi connectivity index (χ2v) is 4.52. The lowest BCUT2D eigenvalue weighted by Crippen LogP contribution is -2.27. The molecule has 0 spiro atoms. The Morgan fingerprint density at radius 3 is 2.94 bits per heavy atom. The van der Waals surface area contributed by atoms with Gasteiger partial charge in [0.05, 0.1) is 18.1 Å². The van der Waals surface area contributed by atoms with Crippen LogP contribution in [-0.2, 0) is 11.3 Å². The van der Waals surface area contributed by atoms with Gasteiger partial charge >= 0.3 is 0 Å². The summed E-state index contributed by atoms with van der Waals surface area (Å²) in [6.07, 6.45) is 1.80. The molecule has 16 heavy (non-hydrogen) atoms. The van der Waals surface area contributed by atoms with Crippen molar-refractivity contribution in [3.05, 3.63) is 22.7 Å². The van der Waals surface area contributed by atoms with Crippen LogP contribution in [0.1, 0.15) is 4.88 Å². The van der Waals surface area contributed by atoms with Crippen molar-refractivity contribution in [3.63, 3.8) is 0 Å². The predicted molar refractivity (Wildman–Crippen MR) is 67.3 cm³/mol. The predicted octanol–water partition coefficient (Wildman–Crippen LogP) is 1.93. The summed E-state index contributed by atoms with van der Waals surface area (Å²) >= 11 is 7.27. The molecule has 0 atom stereocenters. The van der Waals surface area contributed by atoms with Gasteiger partial charge in [0.15, 0.2) is 5.13 Å². The van der Waals surface area contributed by atoms with Gasteiger partial charge in [0.1, 0.15) is 5.15 Å². The molecule has 0 saturated heterocycles. The van der Waals surface area contributed by atoms with Gasteiger partial charge in [0.2, 0.25) is 0 Å². The van der Waals surface area contributed by atoms with Crippen molar-refractivity contribution in [2.75, 3.05) is 31.7 Å². The Hall–Kier alpha value is -0.620. The van der Waals surface area contributed by atoms with Crippen LogP contribution in [0.4, 0.5) is 5.13 Å². The van der Waals surface area contributed by atoms with Gasteiger partial charge in [-0.15, -0.1) is 6.58 Å². The fraction of sp³-hybridized carbons (Fsp3) is 0.500. The first kappa shape index (κ1) is 13.4. The molecule has 0 amide bonds. The molecule has 0 bridgehead atoms. The largest absolute Gasteiger partial charge is 0.391 e. The van der Waals surface area contributed by atoms with Gasteiger partial charge in [-0.1, -0.05) is 29.0 Å². The molecule has 0 aliphatic carbocycles. The van der Waals surface area contributed by atoms with Crippen LogP contribution in [0, 0.1) is 0 Å². The van der Waals surface area contributed by atoms with Crippen LogP contribution in [0.15, 0.2) is 12.7 Å². The van der Waals surface area contributed by atoms with Gasteiger partial charge in [-0.3, -0.25) is 0 Å². The van der Waals surface area contributed by atoms with Crippen LogP contribution in [0.2, 0.25) is 5.15 Å². The topological polar surface area (TPSA) is 45.6 Å². The number of hydrogen-bond acceptors (Lipinski definition) is 5. The number of halogens is 1. The van der Waals surface area contributed by atoms with Gasteiger partial charge in [-0.2, -0.15) is 0 Å². The highest BCUT2D eigenvalue weighted by Crippen LogP contribution is 2.29. The van der Waals surface area contributed by atoms with E-state index in [9.17, 15) is 0 Å². The standard InChI is InChI=1S/C10H15ClN2O2S/c1-3-4-13(5-6-15-2)10-12-9(11)8(7-14)16-10/h3,14H,1,4-7H2,2H3. The first-order valence-corrected chi connectivity index (χ1v) is 6.03. The maximum atomic E-state index is 9.04. The van der Waals surface area contributed by atoms with E-state index in [1.807, 2.05) is 4.90 Å². The van der Waals surface area contributed by atoms with Gasteiger partial charge in [0, 0.05) is 20.2 Å². The molecule has 1 heterocycles. The summed E-state index contributed by atoms with van der Waals surface area (Å²) in [6, 6.07) is 0. The summed E-state index contributed by atoms with van der Waals surface area (Å²) < 4.78 is 5.02. The zero-order valence-electron chi connectivity index (χ0n) is 9.15. The molecule has 0 aliphatic heterocycles. The number of ether oxygens (including phenoxy) is 1. The minimum Gasteiger partial charge on any atom is -0.391 e. The smallest absolute Gasteiger partial charge is 0.187 e. The number of anilines is 1. The molecule has 0 radical (unpaired) electrons. The third kappa shape index (κ3) is 3.45. The second kappa shape index (κ2) is 6.85. The van der Waals surface area contributed by atoms with E-state index in [1.54, 1.807) is 13.2 Å². The van der Waals surface area contributed by atoms with Crippen LogP contribution in [0.5, 0.6) is 0 Å². The zero-order chi connectivity index (χ0) is 12.0. The van der Waals surface area contributed by atoms with E-state index >= 15 is 0 Å². The van der Waals surface area contributed by atoms with Crippen molar-refractivity contribution in [1.82, 2.24) is 4.98 Å². The molecule has 1 aromatic rings. The zero-order valence-corrected chi connectivity index (χ0v) is 10.7. The quantitative estimate of drug-likeness (QED) is 0.763. The molecule has 0 aromatic carbocycles. The first-order chi connectivity index (χ1) is 7.72. The number of aliphatic hydroxyl groups excluding tert-OH is 1. The van der Waals surface area contributed by atoms with Crippen LogP contribution < -0.4 is 4.90 Å². The lowest BCUT2D eigenvalue weighted by Gasteiger charge is -2.19. The monoisotopic (exact) mass is 262 g/mol. The van der Waals surface area contributed by atoms with Crippen molar-refractivity contribution >= 4 is 28.1 Å². The fourth-order valence-corrected chi connectivity index (χ4v) is 2.33. The Morgan fingerprint density at radius 1 is 1.69 bits per heavy atom. The number of aromatic nitrogens is 1. The lowest BCUT2D eigenvalue weighted by atomic mass is 10.5. The maximum absolute atomic E-state index is 9.04. The molecule has 4 nitrogen and oxygen atoms in total. The van der Waals surface area contributed by atoms with Crippen LogP contribution in [-0.4, -0.2) is 36.9 Å². The Kier molecular flexibility index (Phi) is 5.76. The number of thiazole rings is 1. The van der Waals surface area contributed by atoms with E-state index in [1.165, 1.54) is 11.3 Å². The van der Waals surface area contributed by atoms with Crippen molar-refractivity contribution in [2.45, 2.75) is 6.61 Å². The minimum atomic E-state index is -0.0806. The minimum absolute atomic E-state index is 0.0806. The lowest BCUT2D eigenvalue weighted by molar-refractivity contribution is 0.206. The first-order valence-electron chi connectivity index (χ1n) is 4.83. The average molecular weight is 263 g/mol. The highest BCUT2D eigenvalue weighted by Gasteiger charge is 2.13. The molecule has 0 saturated carbocycles. The molecular weight excluding hydrogens is 248 g/mol. The molecule has 0 unspecified atom stereocenters. The summed E-state index contributed by atoms with van der Waals surface area (Å²) in [6.45, 7) is 5.62. The van der Waals surface area contributed by atoms with Gasteiger partial charge in [0.25, 0.3) is 0 Å². The Labute approximate surface area is 104 Å². The summed E-state index contributed by atoms with van der Waals surface area (Å²) in [5.74, 6) is 0. The molecule has 1 aromatic heterocycles. The number of methoxy groups -OCH3 is 1. The van der Waals surface area contributed by atoms with E-state index < -0.39 is 0 Å². The summed E-state index contributed by atoms with van der Waals surface area (Å²) in [5, 5.41) is 10.2. The molecule has 90 valence electrons. The molecule has 0 fully saturated rings. The van der Waals surface area contributed by atoms with Crippen LogP contribution in [0.25, 0.3) is 0 Å². The highest BCUT2D eigenvalue weighted by molar-refractivity contribution is 7.16. The van der Waals surface area contributed by atoms with Crippen molar-refractivity contribution in [2.24, 2.45) is 0 Å². The normalized spacial score (nSPS) is 10.4. The fourth-order valence-electron chi connectivity index (χ4n) is 1.18. The summed E-state index contributed by atoms with van der Waals surface area (Å²) in [5.41, 5.74) is 0. The van der Waals surface area contributed by atoms with Crippen molar-refractivity contribution < 1.29 is 9.84 Å². The van der Waals surface area contributed by atoms with E-state index in [-0.39, 0.29) is 6.61 Å². The number of rotatable bonds is 7. The van der Waals surface area contributed by atoms with Gasteiger partial charge in [-0.25, -0.2) is 4.98 Å². The summed E-state index contributed by atoms with van der Waals surface area (Å²) in [7, 11) is 1.65. The number of aliphatic hydroxyl groups is 1.